The van der Waals surface area contributed by atoms with E-state index >= 15 is 0 Å². The van der Waals surface area contributed by atoms with E-state index in [0.29, 0.717) is 6.04 Å². The summed E-state index contributed by atoms with van der Waals surface area (Å²) in [5, 5.41) is 0. The first-order chi connectivity index (χ1) is 12.8. The summed E-state index contributed by atoms with van der Waals surface area (Å²) in [6.07, 6.45) is 22.6. The summed E-state index contributed by atoms with van der Waals surface area (Å²) in [6.45, 7) is 2.29. The van der Waals surface area contributed by atoms with Gasteiger partial charge in [0, 0.05) is 4.47 Å². The van der Waals surface area contributed by atoms with Gasteiger partial charge in [-0.25, -0.2) is 4.57 Å². The van der Waals surface area contributed by atoms with Crippen molar-refractivity contribution in [3.63, 3.8) is 0 Å². The zero-order chi connectivity index (χ0) is 18.5. The molecule has 27 heavy (non-hydrogen) atoms. The van der Waals surface area contributed by atoms with Gasteiger partial charge in [-0.3, -0.25) is 4.98 Å². The fourth-order valence-electron chi connectivity index (χ4n) is 3.65. The predicted molar refractivity (Wildman–Crippen MR) is 114 cm³/mol. The minimum atomic E-state index is 0. The molecule has 0 saturated carbocycles. The number of rotatable bonds is 14. The second-order valence-corrected chi connectivity index (χ2v) is 8.41. The SMILES string of the molecule is CCCCCCCCCCCC(CCc1ccc(Br)cc1)[n+]1cc[nH]c1.[Br-]. The van der Waals surface area contributed by atoms with Gasteiger partial charge in [0.1, 0.15) is 18.4 Å². The van der Waals surface area contributed by atoms with Crippen molar-refractivity contribution in [2.45, 2.75) is 90.0 Å². The van der Waals surface area contributed by atoms with Gasteiger partial charge in [0.05, 0.1) is 0 Å². The summed E-state index contributed by atoms with van der Waals surface area (Å²) in [4.78, 5) is 3.21. The number of hydrogen-bond acceptors (Lipinski definition) is 0. The van der Waals surface area contributed by atoms with Crippen LogP contribution >= 0.6 is 15.9 Å². The van der Waals surface area contributed by atoms with Crippen LogP contribution in [0.2, 0.25) is 0 Å². The lowest BCUT2D eigenvalue weighted by atomic mass is 9.99. The Morgan fingerprint density at radius 3 is 2.11 bits per heavy atom. The zero-order valence-corrected chi connectivity index (χ0v) is 20.0. The van der Waals surface area contributed by atoms with Crippen LogP contribution in [0.15, 0.2) is 47.5 Å². The molecule has 1 unspecified atom stereocenters. The number of nitrogens with zero attached hydrogens (tertiary/aromatic N) is 1. The molecule has 152 valence electrons. The number of H-pyrrole nitrogens is 1. The molecule has 0 aliphatic rings. The number of unbranched alkanes of at least 4 members (excludes halogenated alkanes) is 8. The molecule has 4 heteroatoms. The van der Waals surface area contributed by atoms with Crippen LogP contribution in [0.4, 0.5) is 0 Å². The smallest absolute Gasteiger partial charge is 0.241 e. The lowest BCUT2D eigenvalue weighted by Crippen LogP contribution is -3.00. The van der Waals surface area contributed by atoms with Crippen LogP contribution in [0.5, 0.6) is 0 Å². The van der Waals surface area contributed by atoms with E-state index in [1.54, 1.807) is 0 Å². The van der Waals surface area contributed by atoms with Crippen molar-refractivity contribution in [3.05, 3.63) is 53.0 Å². The van der Waals surface area contributed by atoms with Crippen LogP contribution in [0.1, 0.15) is 89.2 Å². The molecule has 1 atom stereocenters. The Morgan fingerprint density at radius 1 is 0.889 bits per heavy atom. The van der Waals surface area contributed by atoms with Gasteiger partial charge >= 0.3 is 0 Å². The molecule has 1 heterocycles. The highest BCUT2D eigenvalue weighted by Gasteiger charge is 2.15. The van der Waals surface area contributed by atoms with Gasteiger partial charge in [-0.1, -0.05) is 86.4 Å². The highest BCUT2D eigenvalue weighted by molar-refractivity contribution is 9.10. The van der Waals surface area contributed by atoms with E-state index in [1.165, 1.54) is 76.2 Å². The highest BCUT2D eigenvalue weighted by atomic mass is 79.9. The quantitative estimate of drug-likeness (QED) is 0.297. The summed E-state index contributed by atoms with van der Waals surface area (Å²) in [6, 6.07) is 9.38. The topological polar surface area (TPSA) is 19.7 Å². The summed E-state index contributed by atoms with van der Waals surface area (Å²) >= 11 is 3.52. The first-order valence-electron chi connectivity index (χ1n) is 10.6. The molecule has 0 saturated heterocycles. The summed E-state index contributed by atoms with van der Waals surface area (Å²) in [5.74, 6) is 0. The molecule has 2 aromatic rings. The van der Waals surface area contributed by atoms with Gasteiger partial charge in [-0.2, -0.15) is 0 Å². The van der Waals surface area contributed by atoms with Crippen LogP contribution in [0.25, 0.3) is 0 Å². The Hall–Kier alpha value is -0.610. The van der Waals surface area contributed by atoms with Crippen molar-refractivity contribution >= 4 is 15.9 Å². The van der Waals surface area contributed by atoms with E-state index < -0.39 is 0 Å². The first kappa shape index (κ1) is 24.4. The van der Waals surface area contributed by atoms with Crippen molar-refractivity contribution < 1.29 is 21.5 Å². The second-order valence-electron chi connectivity index (χ2n) is 7.49. The normalized spacial score (nSPS) is 11.9. The largest absolute Gasteiger partial charge is 1.00 e. The summed E-state index contributed by atoms with van der Waals surface area (Å²) in [7, 11) is 0. The van der Waals surface area contributed by atoms with Gasteiger partial charge in [0.15, 0.2) is 0 Å². The molecule has 0 aliphatic heterocycles. The third kappa shape index (κ3) is 10.5. The molecule has 0 aliphatic carbocycles. The fourth-order valence-corrected chi connectivity index (χ4v) is 3.91. The molecule has 1 aromatic heterocycles. The minimum absolute atomic E-state index is 0. The van der Waals surface area contributed by atoms with Crippen LogP contribution in [0.3, 0.4) is 0 Å². The van der Waals surface area contributed by atoms with Crippen LogP contribution in [-0.2, 0) is 6.42 Å². The van der Waals surface area contributed by atoms with E-state index in [9.17, 15) is 0 Å². The number of nitrogens with one attached hydrogen (secondary N) is 1. The third-order valence-electron chi connectivity index (χ3n) is 5.31. The number of hydrogen-bond donors (Lipinski definition) is 1. The molecule has 1 N–H and O–H groups in total. The Morgan fingerprint density at radius 2 is 1.52 bits per heavy atom. The molecule has 1 aromatic carbocycles. The number of aryl methyl sites for hydroxylation is 1. The Balaban J connectivity index is 0.00000364. The van der Waals surface area contributed by atoms with Gasteiger partial charge in [0.2, 0.25) is 6.33 Å². The van der Waals surface area contributed by atoms with Crippen LogP contribution < -0.4 is 21.5 Å². The number of imidazole rings is 1. The lowest BCUT2D eigenvalue weighted by molar-refractivity contribution is -0.723. The Bertz CT molecular complexity index is 567. The first-order valence-corrected chi connectivity index (χ1v) is 11.4. The standard InChI is InChI=1S/C23H35BrN2.BrH/c1-2-3-4-5-6-7-8-9-10-11-23(26-19-18-25-20-26)17-14-21-12-15-22(24)16-13-21;/h12-13,15-16,18-20,23H,2-11,14,17H2,1H3;1H. The molecule has 0 bridgehead atoms. The van der Waals surface area contributed by atoms with Crippen molar-refractivity contribution in [1.29, 1.82) is 0 Å². The second kappa shape index (κ2) is 15.3. The maximum absolute atomic E-state index is 3.52. The Labute approximate surface area is 185 Å². The Kier molecular flexibility index (Phi) is 13.9. The van der Waals surface area contributed by atoms with Crippen LogP contribution in [0, 0.1) is 0 Å². The monoisotopic (exact) mass is 498 g/mol. The molecule has 0 spiro atoms. The number of aromatic amines is 1. The molecular formula is C23H36Br2N2. The van der Waals surface area contributed by atoms with E-state index in [-0.39, 0.29) is 17.0 Å². The number of aromatic nitrogens is 2. The lowest BCUT2D eigenvalue weighted by Gasteiger charge is -2.14. The van der Waals surface area contributed by atoms with Gasteiger partial charge in [-0.15, -0.1) is 0 Å². The van der Waals surface area contributed by atoms with E-state index in [4.69, 9.17) is 0 Å². The summed E-state index contributed by atoms with van der Waals surface area (Å²) < 4.78 is 3.52. The highest BCUT2D eigenvalue weighted by Crippen LogP contribution is 2.19. The maximum Gasteiger partial charge on any atom is 0.241 e. The van der Waals surface area contributed by atoms with Crippen molar-refractivity contribution in [2.75, 3.05) is 0 Å². The molecule has 0 amide bonds. The van der Waals surface area contributed by atoms with E-state index in [1.807, 2.05) is 6.20 Å². The van der Waals surface area contributed by atoms with Crippen molar-refractivity contribution in [1.82, 2.24) is 4.98 Å². The van der Waals surface area contributed by atoms with Gasteiger partial charge in [0.25, 0.3) is 0 Å². The number of halogens is 2. The molecule has 0 fully saturated rings. The molecule has 0 radical (unpaired) electrons. The van der Waals surface area contributed by atoms with Gasteiger partial charge < -0.3 is 17.0 Å². The third-order valence-corrected chi connectivity index (χ3v) is 5.84. The minimum Gasteiger partial charge on any atom is -1.00 e. The van der Waals surface area contributed by atoms with E-state index in [2.05, 4.69) is 69.2 Å². The van der Waals surface area contributed by atoms with Crippen molar-refractivity contribution in [2.24, 2.45) is 0 Å². The summed E-state index contributed by atoms with van der Waals surface area (Å²) in [5.41, 5.74) is 1.43. The van der Waals surface area contributed by atoms with E-state index in [0.717, 1.165) is 10.9 Å². The fraction of sp³-hybridized carbons (Fsp3) is 0.609. The average Bonchev–Trinajstić information content (AvgIpc) is 3.18. The predicted octanol–water partition coefficient (Wildman–Crippen LogP) is 4.16. The molecule has 2 rings (SSSR count). The van der Waals surface area contributed by atoms with Crippen molar-refractivity contribution in [3.8, 4) is 0 Å². The van der Waals surface area contributed by atoms with Gasteiger partial charge in [-0.05, 0) is 43.4 Å². The number of benzene rings is 1. The average molecular weight is 500 g/mol. The molecular weight excluding hydrogens is 464 g/mol. The maximum atomic E-state index is 3.52. The molecule has 2 nitrogen and oxygen atoms in total. The van der Waals surface area contributed by atoms with Crippen LogP contribution in [-0.4, -0.2) is 4.98 Å². The zero-order valence-electron chi connectivity index (χ0n) is 16.8.